The second-order valence-corrected chi connectivity index (χ2v) is 5.92. The Morgan fingerprint density at radius 2 is 2.17 bits per heavy atom. The van der Waals surface area contributed by atoms with Gasteiger partial charge in [-0.25, -0.2) is 9.67 Å². The van der Waals surface area contributed by atoms with E-state index in [-0.39, 0.29) is 11.9 Å². The number of nitrogens with zero attached hydrogens (tertiary/aromatic N) is 5. The number of carbonyl (C=O) groups is 1. The van der Waals surface area contributed by atoms with E-state index < -0.39 is 0 Å². The molecule has 3 heterocycles. The van der Waals surface area contributed by atoms with Crippen LogP contribution in [0, 0.1) is 13.8 Å². The lowest BCUT2D eigenvalue weighted by Crippen LogP contribution is -2.26. The highest BCUT2D eigenvalue weighted by atomic mass is 32.1. The predicted molar refractivity (Wildman–Crippen MR) is 86.6 cm³/mol. The highest BCUT2D eigenvalue weighted by molar-refractivity contribution is 7.08. The topological polar surface area (TPSA) is 85.6 Å². The van der Waals surface area contributed by atoms with Crippen molar-refractivity contribution >= 4 is 17.4 Å². The second kappa shape index (κ2) is 6.25. The Balaban J connectivity index is 1.81. The van der Waals surface area contributed by atoms with Crippen molar-refractivity contribution in [2.24, 2.45) is 0 Å². The molecule has 7 nitrogen and oxygen atoms in total. The number of pyridine rings is 1. The highest BCUT2D eigenvalue weighted by Gasteiger charge is 2.19. The minimum absolute atomic E-state index is 0.171. The number of aryl methyl sites for hydroxylation is 1. The molecule has 0 aromatic carbocycles. The summed E-state index contributed by atoms with van der Waals surface area (Å²) in [4.78, 5) is 17.1. The lowest BCUT2D eigenvalue weighted by atomic mass is 10.1. The lowest BCUT2D eigenvalue weighted by molar-refractivity contribution is 0.0943. The molecule has 1 atom stereocenters. The SMILES string of the molecule is Cc1nnsc1C(=O)NC(C)c1cnn(-c2ccccn2)c1C. The summed E-state index contributed by atoms with van der Waals surface area (Å²) in [5.74, 6) is 0.576. The van der Waals surface area contributed by atoms with Crippen LogP contribution in [0.4, 0.5) is 0 Å². The maximum atomic E-state index is 12.3. The number of hydrogen-bond acceptors (Lipinski definition) is 6. The summed E-state index contributed by atoms with van der Waals surface area (Å²) in [6.07, 6.45) is 3.48. The Bertz CT molecular complexity index is 826. The van der Waals surface area contributed by atoms with Crippen LogP contribution in [0.1, 0.15) is 39.6 Å². The standard InChI is InChI=1S/C15H16N6OS/c1-9(18-15(22)14-10(2)19-20-23-14)12-8-17-21(11(12)3)13-6-4-5-7-16-13/h4-9H,1-3H3,(H,18,22). The van der Waals surface area contributed by atoms with Gasteiger partial charge in [0.05, 0.1) is 17.9 Å². The molecule has 3 rings (SSSR count). The van der Waals surface area contributed by atoms with Gasteiger partial charge in [0.2, 0.25) is 0 Å². The van der Waals surface area contributed by atoms with Crippen molar-refractivity contribution in [3.8, 4) is 5.82 Å². The average Bonchev–Trinajstić information content (AvgIpc) is 3.14. The zero-order valence-corrected chi connectivity index (χ0v) is 13.8. The molecule has 0 fully saturated rings. The quantitative estimate of drug-likeness (QED) is 0.794. The molecular weight excluding hydrogens is 312 g/mol. The molecule has 3 aromatic rings. The Kier molecular flexibility index (Phi) is 4.16. The molecule has 0 aliphatic heterocycles. The summed E-state index contributed by atoms with van der Waals surface area (Å²) < 4.78 is 5.55. The van der Waals surface area contributed by atoms with Crippen LogP contribution in [0.5, 0.6) is 0 Å². The molecule has 0 spiro atoms. The van der Waals surface area contributed by atoms with Gasteiger partial charge in [-0.05, 0) is 44.4 Å². The maximum Gasteiger partial charge on any atom is 0.265 e. The molecule has 1 amide bonds. The Hall–Kier alpha value is -2.61. The van der Waals surface area contributed by atoms with E-state index in [0.29, 0.717) is 10.6 Å². The Morgan fingerprint density at radius 1 is 1.35 bits per heavy atom. The van der Waals surface area contributed by atoms with Gasteiger partial charge in [-0.3, -0.25) is 4.79 Å². The first-order chi connectivity index (χ1) is 11.1. The molecule has 3 aromatic heterocycles. The number of rotatable bonds is 4. The molecule has 8 heteroatoms. The average molecular weight is 328 g/mol. The smallest absolute Gasteiger partial charge is 0.265 e. The van der Waals surface area contributed by atoms with Crippen LogP contribution >= 0.6 is 11.5 Å². The van der Waals surface area contributed by atoms with Crippen LogP contribution in [0.3, 0.4) is 0 Å². The van der Waals surface area contributed by atoms with Crippen molar-refractivity contribution < 1.29 is 4.79 Å². The zero-order valence-electron chi connectivity index (χ0n) is 13.0. The van der Waals surface area contributed by atoms with E-state index in [1.54, 1.807) is 24.0 Å². The number of aromatic nitrogens is 5. The van der Waals surface area contributed by atoms with Crippen molar-refractivity contribution in [1.82, 2.24) is 29.7 Å². The summed E-state index contributed by atoms with van der Waals surface area (Å²) in [5, 5.41) is 11.2. The fourth-order valence-corrected chi connectivity index (χ4v) is 2.90. The van der Waals surface area contributed by atoms with E-state index in [9.17, 15) is 4.79 Å². The molecule has 1 unspecified atom stereocenters. The minimum Gasteiger partial charge on any atom is -0.345 e. The first kappa shape index (κ1) is 15.3. The summed E-state index contributed by atoms with van der Waals surface area (Å²) >= 11 is 1.10. The van der Waals surface area contributed by atoms with Crippen LogP contribution in [0.2, 0.25) is 0 Å². The number of carbonyl (C=O) groups excluding carboxylic acids is 1. The fraction of sp³-hybridized carbons (Fsp3) is 0.267. The van der Waals surface area contributed by atoms with Gasteiger partial charge in [0.15, 0.2) is 5.82 Å². The normalized spacial score (nSPS) is 12.1. The predicted octanol–water partition coefficient (Wildman–Crippen LogP) is 2.23. The van der Waals surface area contributed by atoms with Gasteiger partial charge in [0.25, 0.3) is 5.91 Å². The largest absolute Gasteiger partial charge is 0.345 e. The van der Waals surface area contributed by atoms with E-state index >= 15 is 0 Å². The number of amides is 1. The first-order valence-electron chi connectivity index (χ1n) is 7.13. The van der Waals surface area contributed by atoms with Crippen molar-refractivity contribution in [3.05, 3.63) is 52.4 Å². The van der Waals surface area contributed by atoms with Crippen molar-refractivity contribution in [2.75, 3.05) is 0 Å². The third-order valence-electron chi connectivity index (χ3n) is 3.59. The molecule has 0 saturated heterocycles. The molecule has 0 saturated carbocycles. The van der Waals surface area contributed by atoms with E-state index in [0.717, 1.165) is 28.6 Å². The third-order valence-corrected chi connectivity index (χ3v) is 4.41. The first-order valence-corrected chi connectivity index (χ1v) is 7.91. The third kappa shape index (κ3) is 2.98. The molecular formula is C15H16N6OS. The molecule has 0 radical (unpaired) electrons. The van der Waals surface area contributed by atoms with Crippen molar-refractivity contribution in [2.45, 2.75) is 26.8 Å². The van der Waals surface area contributed by atoms with Crippen molar-refractivity contribution in [1.29, 1.82) is 0 Å². The summed E-state index contributed by atoms with van der Waals surface area (Å²) in [6.45, 7) is 5.65. The van der Waals surface area contributed by atoms with Gasteiger partial charge >= 0.3 is 0 Å². The monoisotopic (exact) mass is 328 g/mol. The van der Waals surface area contributed by atoms with Crippen molar-refractivity contribution in [3.63, 3.8) is 0 Å². The maximum absolute atomic E-state index is 12.3. The van der Waals surface area contributed by atoms with Gasteiger partial charge in [0, 0.05) is 17.5 Å². The Morgan fingerprint density at radius 3 is 2.83 bits per heavy atom. The number of hydrogen-bond donors (Lipinski definition) is 1. The summed E-state index contributed by atoms with van der Waals surface area (Å²) in [7, 11) is 0. The number of nitrogens with one attached hydrogen (secondary N) is 1. The van der Waals surface area contributed by atoms with E-state index in [4.69, 9.17) is 0 Å². The van der Waals surface area contributed by atoms with Gasteiger partial charge in [-0.1, -0.05) is 10.6 Å². The van der Waals surface area contributed by atoms with E-state index in [1.807, 2.05) is 32.0 Å². The fourth-order valence-electron chi connectivity index (χ4n) is 2.34. The second-order valence-electron chi connectivity index (χ2n) is 5.17. The van der Waals surface area contributed by atoms with Gasteiger partial charge < -0.3 is 5.32 Å². The molecule has 118 valence electrons. The Labute approximate surface area is 137 Å². The molecule has 0 aliphatic carbocycles. The van der Waals surface area contributed by atoms with Crippen LogP contribution < -0.4 is 5.32 Å². The lowest BCUT2D eigenvalue weighted by Gasteiger charge is -2.13. The molecule has 23 heavy (non-hydrogen) atoms. The van der Waals surface area contributed by atoms with Gasteiger partial charge in [0.1, 0.15) is 4.88 Å². The minimum atomic E-state index is -0.179. The van der Waals surface area contributed by atoms with Crippen LogP contribution in [-0.4, -0.2) is 30.3 Å². The van der Waals surface area contributed by atoms with Crippen LogP contribution in [-0.2, 0) is 0 Å². The molecule has 0 aliphatic rings. The molecule has 1 N–H and O–H groups in total. The molecule has 0 bridgehead atoms. The summed E-state index contributed by atoms with van der Waals surface area (Å²) in [6, 6.07) is 5.48. The van der Waals surface area contributed by atoms with Gasteiger partial charge in [-0.15, -0.1) is 5.10 Å². The van der Waals surface area contributed by atoms with E-state index in [2.05, 4.69) is 25.0 Å². The van der Waals surface area contributed by atoms with E-state index in [1.165, 1.54) is 0 Å². The van der Waals surface area contributed by atoms with Gasteiger partial charge in [-0.2, -0.15) is 5.10 Å². The summed E-state index contributed by atoms with van der Waals surface area (Å²) in [5.41, 5.74) is 2.52. The highest BCUT2D eigenvalue weighted by Crippen LogP contribution is 2.20. The van der Waals surface area contributed by atoms with Crippen LogP contribution in [0.25, 0.3) is 5.82 Å². The van der Waals surface area contributed by atoms with Crippen LogP contribution in [0.15, 0.2) is 30.6 Å². The zero-order chi connectivity index (χ0) is 16.4.